The fourth-order valence-electron chi connectivity index (χ4n) is 4.20. The average molecular weight is 617 g/mol. The molecule has 0 radical (unpaired) electrons. The first kappa shape index (κ1) is 30.3. The molecule has 0 bridgehead atoms. The van der Waals surface area contributed by atoms with Crippen LogP contribution in [-0.2, 0) is 17.8 Å². The van der Waals surface area contributed by atoms with E-state index in [9.17, 15) is 19.1 Å². The molecule has 0 saturated heterocycles. The minimum Gasteiger partial charge on any atom is -0.493 e. The van der Waals surface area contributed by atoms with E-state index in [0.717, 1.165) is 17.1 Å². The standard InChI is InChI=1S/C31H29N4O8P/c1-20-26(33-30(43-20)23-8-6-7-22(16-23)29(32)36)19-41-27-12-11-21(15-28(27)40-2)18-42-31-24(13-14-44(37,38)39)17-35(34-31)25-9-4-3-5-10-25/h3-17H,18-19H2,1-2H3,(H2,32,36)(H2,37,38,39)/b14-13+. The maximum Gasteiger partial charge on any atom is 0.349 e. The SMILES string of the molecule is COc1cc(COc2nn(-c3ccccc3)cc2/C=C/P(=O)(O)O)ccc1OCc1nc(-c2cccc(C(N)=O)c2)oc1C. The fraction of sp³-hybridized carbons (Fsp3) is 0.129. The molecule has 226 valence electrons. The first-order valence-electron chi connectivity index (χ1n) is 13.3. The molecule has 0 aliphatic heterocycles. The number of hydrogen-bond acceptors (Lipinski definition) is 8. The lowest BCUT2D eigenvalue weighted by atomic mass is 10.1. The highest BCUT2D eigenvalue weighted by atomic mass is 31.2. The number of nitrogens with zero attached hydrogens (tertiary/aromatic N) is 3. The molecule has 2 aromatic heterocycles. The monoisotopic (exact) mass is 616 g/mol. The average Bonchev–Trinajstić information content (AvgIpc) is 3.61. The van der Waals surface area contributed by atoms with E-state index >= 15 is 0 Å². The zero-order valence-electron chi connectivity index (χ0n) is 23.8. The van der Waals surface area contributed by atoms with Gasteiger partial charge in [0.05, 0.1) is 18.4 Å². The molecule has 0 spiro atoms. The molecule has 5 rings (SSSR count). The van der Waals surface area contributed by atoms with E-state index in [1.807, 2.05) is 30.3 Å². The summed E-state index contributed by atoms with van der Waals surface area (Å²) >= 11 is 0. The van der Waals surface area contributed by atoms with Crippen molar-refractivity contribution >= 4 is 19.6 Å². The van der Waals surface area contributed by atoms with Gasteiger partial charge in [-0.1, -0.05) is 30.3 Å². The highest BCUT2D eigenvalue weighted by molar-refractivity contribution is 7.55. The van der Waals surface area contributed by atoms with Crippen molar-refractivity contribution in [3.8, 4) is 34.5 Å². The van der Waals surface area contributed by atoms with Crippen molar-refractivity contribution in [1.29, 1.82) is 0 Å². The number of carbonyl (C=O) groups excluding carboxylic acids is 1. The van der Waals surface area contributed by atoms with Crippen LogP contribution < -0.4 is 19.9 Å². The Balaban J connectivity index is 1.29. The Kier molecular flexibility index (Phi) is 8.96. The molecule has 0 unspecified atom stereocenters. The van der Waals surface area contributed by atoms with Crippen molar-refractivity contribution in [3.63, 3.8) is 0 Å². The van der Waals surface area contributed by atoms with Gasteiger partial charge < -0.3 is 34.1 Å². The Morgan fingerprint density at radius 3 is 2.55 bits per heavy atom. The second-order valence-corrected chi connectivity index (χ2v) is 11.1. The van der Waals surface area contributed by atoms with E-state index in [0.29, 0.717) is 45.5 Å². The quantitative estimate of drug-likeness (QED) is 0.157. The molecule has 0 aliphatic carbocycles. The van der Waals surface area contributed by atoms with Gasteiger partial charge in [-0.15, -0.1) is 5.10 Å². The number of aromatic nitrogens is 3. The van der Waals surface area contributed by atoms with Crippen molar-refractivity contribution in [3.05, 3.63) is 113 Å². The number of rotatable bonds is 12. The summed E-state index contributed by atoms with van der Waals surface area (Å²) < 4.78 is 36.3. The lowest BCUT2D eigenvalue weighted by molar-refractivity contribution is 0.1000. The van der Waals surface area contributed by atoms with Gasteiger partial charge in [-0.3, -0.25) is 9.36 Å². The molecular weight excluding hydrogens is 587 g/mol. The molecular formula is C31H29N4O8P. The van der Waals surface area contributed by atoms with Crippen LogP contribution in [0.5, 0.6) is 17.4 Å². The Morgan fingerprint density at radius 2 is 1.82 bits per heavy atom. The summed E-state index contributed by atoms with van der Waals surface area (Å²) in [7, 11) is -2.87. The summed E-state index contributed by atoms with van der Waals surface area (Å²) in [5.74, 6) is 2.28. The lowest BCUT2D eigenvalue weighted by Gasteiger charge is -2.12. The van der Waals surface area contributed by atoms with Crippen LogP contribution in [0.3, 0.4) is 0 Å². The van der Waals surface area contributed by atoms with E-state index in [-0.39, 0.29) is 19.1 Å². The van der Waals surface area contributed by atoms with Crippen LogP contribution in [0, 0.1) is 6.92 Å². The summed E-state index contributed by atoms with van der Waals surface area (Å²) in [6.07, 6.45) is 2.91. The van der Waals surface area contributed by atoms with Gasteiger partial charge in [0.2, 0.25) is 17.7 Å². The molecule has 0 saturated carbocycles. The molecule has 0 atom stereocenters. The third-order valence-corrected chi connectivity index (χ3v) is 6.97. The van der Waals surface area contributed by atoms with Gasteiger partial charge in [-0.2, -0.15) is 0 Å². The van der Waals surface area contributed by atoms with Crippen LogP contribution in [0.1, 0.15) is 32.9 Å². The van der Waals surface area contributed by atoms with Gasteiger partial charge in [-0.05, 0) is 61.0 Å². The molecule has 3 aromatic carbocycles. The van der Waals surface area contributed by atoms with Gasteiger partial charge in [0.1, 0.15) is 24.7 Å². The summed E-state index contributed by atoms with van der Waals surface area (Å²) in [5, 5.41) is 4.46. The zero-order valence-corrected chi connectivity index (χ0v) is 24.7. The lowest BCUT2D eigenvalue weighted by Crippen LogP contribution is -2.10. The van der Waals surface area contributed by atoms with Crippen molar-refractivity contribution in [2.75, 3.05) is 7.11 Å². The number of oxazole rings is 1. The fourth-order valence-corrected chi connectivity index (χ4v) is 4.55. The third-order valence-electron chi connectivity index (χ3n) is 6.43. The number of para-hydroxylation sites is 1. The summed E-state index contributed by atoms with van der Waals surface area (Å²) in [4.78, 5) is 34.7. The van der Waals surface area contributed by atoms with E-state index in [1.54, 1.807) is 60.3 Å². The predicted molar refractivity (Wildman–Crippen MR) is 161 cm³/mol. The van der Waals surface area contributed by atoms with Gasteiger partial charge in [0, 0.05) is 23.1 Å². The minimum absolute atomic E-state index is 0.0926. The molecule has 1 amide bonds. The van der Waals surface area contributed by atoms with Crippen molar-refractivity contribution in [1.82, 2.24) is 14.8 Å². The van der Waals surface area contributed by atoms with Gasteiger partial charge in [0.25, 0.3) is 0 Å². The molecule has 0 aliphatic rings. The Morgan fingerprint density at radius 1 is 1.02 bits per heavy atom. The normalized spacial score (nSPS) is 11.5. The molecule has 0 fully saturated rings. The van der Waals surface area contributed by atoms with Gasteiger partial charge >= 0.3 is 7.60 Å². The molecule has 12 nitrogen and oxygen atoms in total. The van der Waals surface area contributed by atoms with E-state index in [2.05, 4.69) is 10.1 Å². The number of hydrogen-bond donors (Lipinski definition) is 3. The second kappa shape index (κ2) is 13.0. The van der Waals surface area contributed by atoms with E-state index in [1.165, 1.54) is 13.2 Å². The third kappa shape index (κ3) is 7.42. The van der Waals surface area contributed by atoms with E-state index < -0.39 is 13.5 Å². The summed E-state index contributed by atoms with van der Waals surface area (Å²) in [6, 6.07) is 21.3. The topological polar surface area (TPSA) is 172 Å². The van der Waals surface area contributed by atoms with Crippen LogP contribution in [0.15, 0.2) is 89.2 Å². The van der Waals surface area contributed by atoms with Crippen LogP contribution in [-0.4, -0.2) is 37.6 Å². The summed E-state index contributed by atoms with van der Waals surface area (Å²) in [5.41, 5.74) is 8.82. The smallest absolute Gasteiger partial charge is 0.349 e. The molecule has 4 N–H and O–H groups in total. The zero-order chi connectivity index (χ0) is 31.3. The number of amides is 1. The Bertz CT molecular complexity index is 1860. The number of nitrogens with two attached hydrogens (primary N) is 1. The minimum atomic E-state index is -4.39. The van der Waals surface area contributed by atoms with Crippen LogP contribution >= 0.6 is 7.60 Å². The highest BCUT2D eigenvalue weighted by Gasteiger charge is 2.16. The number of methoxy groups -OCH3 is 1. The predicted octanol–water partition coefficient (Wildman–Crippen LogP) is 5.25. The van der Waals surface area contributed by atoms with Crippen molar-refractivity contribution in [2.45, 2.75) is 20.1 Å². The Hall–Kier alpha value is -5.16. The van der Waals surface area contributed by atoms with Crippen molar-refractivity contribution in [2.24, 2.45) is 5.73 Å². The number of primary amides is 1. The molecule has 5 aromatic rings. The maximum atomic E-state index is 11.5. The molecule has 2 heterocycles. The van der Waals surface area contributed by atoms with E-state index in [4.69, 9.17) is 24.4 Å². The number of benzene rings is 3. The van der Waals surface area contributed by atoms with Crippen LogP contribution in [0.2, 0.25) is 0 Å². The summed E-state index contributed by atoms with van der Waals surface area (Å²) in [6.45, 7) is 1.96. The number of carbonyl (C=O) groups is 1. The first-order chi connectivity index (χ1) is 21.1. The number of ether oxygens (including phenoxy) is 3. The van der Waals surface area contributed by atoms with Gasteiger partial charge in [0.15, 0.2) is 11.5 Å². The molecule has 44 heavy (non-hydrogen) atoms. The molecule has 13 heteroatoms. The van der Waals surface area contributed by atoms with Crippen molar-refractivity contribution < 1.29 is 37.8 Å². The maximum absolute atomic E-state index is 11.5. The largest absolute Gasteiger partial charge is 0.493 e. The second-order valence-electron chi connectivity index (χ2n) is 9.60. The van der Waals surface area contributed by atoms with Gasteiger partial charge in [-0.25, -0.2) is 9.67 Å². The Labute approximate surface area is 252 Å². The first-order valence-corrected chi connectivity index (χ1v) is 15.0. The van der Waals surface area contributed by atoms with Crippen LogP contribution in [0.4, 0.5) is 0 Å². The number of aryl methyl sites for hydroxylation is 1. The highest BCUT2D eigenvalue weighted by Crippen LogP contribution is 2.38. The van der Waals surface area contributed by atoms with Crippen LogP contribution in [0.25, 0.3) is 23.2 Å².